The number of hydrogen-bond donors (Lipinski definition) is 0. The molecule has 5 heteroatoms. The van der Waals surface area contributed by atoms with Crippen LogP contribution in [0.1, 0.15) is 35.0 Å². The average Bonchev–Trinajstić information content (AvgIpc) is 3.56. The van der Waals surface area contributed by atoms with Gasteiger partial charge in [-0.25, -0.2) is 0 Å². The molecule has 1 radical (unpaired) electrons. The van der Waals surface area contributed by atoms with Crippen LogP contribution in [0.5, 0.6) is 0 Å². The molecule has 3 heterocycles. The van der Waals surface area contributed by atoms with E-state index in [9.17, 15) is 0 Å². The van der Waals surface area contributed by atoms with Gasteiger partial charge in [0.2, 0.25) is 0 Å². The van der Waals surface area contributed by atoms with Crippen molar-refractivity contribution in [2.45, 2.75) is 43.9 Å². The molecule has 3 nitrogen and oxygen atoms in total. The first-order valence-electron chi connectivity index (χ1n) is 18.8. The minimum Gasteiger partial charge on any atom is 0 e. The first-order valence-corrected chi connectivity index (χ1v) is 24.7. The van der Waals surface area contributed by atoms with Crippen LogP contribution in [0.25, 0.3) is 66.7 Å². The van der Waals surface area contributed by atoms with Crippen molar-refractivity contribution in [1.82, 2.24) is 9.97 Å². The Bertz CT molecular complexity index is 2470. The van der Waals surface area contributed by atoms with Crippen LogP contribution in [-0.4, -0.2) is 23.2 Å². The van der Waals surface area contributed by atoms with Crippen molar-refractivity contribution in [2.75, 3.05) is 0 Å². The SMILES string of the molecule is CC(C)c1ccnc(-c2[c-]ccc3c2oc2cc(-c4ccc(-c5ccccc5)cc4)ccc23)c1.[2H]C([2H])([2H])c1c[c-]c(-c2cc[c]([Ge]([CH3])([CH3])[CH3])cn2)cc1.[Ir]. The van der Waals surface area contributed by atoms with E-state index in [1.807, 2.05) is 30.6 Å². The van der Waals surface area contributed by atoms with Crippen LogP contribution in [0.2, 0.25) is 17.3 Å². The van der Waals surface area contributed by atoms with Gasteiger partial charge in [-0.15, -0.1) is 18.2 Å². The predicted octanol–water partition coefficient (Wildman–Crippen LogP) is 12.3. The van der Waals surface area contributed by atoms with Crippen molar-refractivity contribution in [3.8, 4) is 44.8 Å². The third-order valence-electron chi connectivity index (χ3n) is 9.18. The van der Waals surface area contributed by atoms with Gasteiger partial charge in [-0.1, -0.05) is 103 Å². The van der Waals surface area contributed by atoms with E-state index < -0.39 is 20.1 Å². The van der Waals surface area contributed by atoms with Gasteiger partial charge in [0.25, 0.3) is 0 Å². The van der Waals surface area contributed by atoms with Crippen LogP contribution >= 0.6 is 0 Å². The number of furan rings is 1. The van der Waals surface area contributed by atoms with Crippen molar-refractivity contribution < 1.29 is 28.6 Å². The number of nitrogens with zero attached hydrogens (tertiary/aromatic N) is 2. The Morgan fingerprint density at radius 3 is 2.08 bits per heavy atom. The van der Waals surface area contributed by atoms with Gasteiger partial charge >= 0.3 is 110 Å². The number of fused-ring (bicyclic) bond motifs is 3. The van der Waals surface area contributed by atoms with Gasteiger partial charge in [-0.2, -0.15) is 0 Å². The summed E-state index contributed by atoms with van der Waals surface area (Å²) in [6.45, 7) is 2.31. The molecule has 5 aromatic carbocycles. The number of benzene rings is 5. The first-order chi connectivity index (χ1) is 25.8. The van der Waals surface area contributed by atoms with Gasteiger partial charge in [-0.3, -0.25) is 0 Å². The molecule has 0 unspecified atom stereocenters. The van der Waals surface area contributed by atoms with Gasteiger partial charge in [0.15, 0.2) is 0 Å². The second kappa shape index (κ2) is 16.0. The van der Waals surface area contributed by atoms with Crippen molar-refractivity contribution in [1.29, 1.82) is 0 Å². The molecule has 0 aliphatic carbocycles. The van der Waals surface area contributed by atoms with Gasteiger partial charge in [0.05, 0.1) is 5.58 Å². The molecule has 0 aliphatic rings. The number of aryl methyl sites for hydroxylation is 1. The van der Waals surface area contributed by atoms with Gasteiger partial charge in [0, 0.05) is 31.7 Å². The summed E-state index contributed by atoms with van der Waals surface area (Å²) in [6, 6.07) is 49.3. The van der Waals surface area contributed by atoms with Crippen molar-refractivity contribution in [3.05, 3.63) is 163 Å². The van der Waals surface area contributed by atoms with E-state index in [0.29, 0.717) is 11.5 Å². The van der Waals surface area contributed by atoms with E-state index >= 15 is 0 Å². The summed E-state index contributed by atoms with van der Waals surface area (Å²) in [6.07, 6.45) is 3.82. The van der Waals surface area contributed by atoms with E-state index in [-0.39, 0.29) is 20.1 Å². The minimum absolute atomic E-state index is 0. The molecule has 0 saturated heterocycles. The van der Waals surface area contributed by atoms with Crippen LogP contribution in [-0.2, 0) is 20.1 Å². The summed E-state index contributed by atoms with van der Waals surface area (Å²) in [5.74, 6) is 7.42. The zero-order valence-electron chi connectivity index (χ0n) is 33.0. The summed E-state index contributed by atoms with van der Waals surface area (Å²) >= 11 is -1.83. The quantitative estimate of drug-likeness (QED) is 0.123. The monoisotopic (exact) mass is 920 g/mol. The fourth-order valence-electron chi connectivity index (χ4n) is 6.12. The Labute approximate surface area is 328 Å². The standard InChI is InChI=1S/C32H24NO.C15H18GeN.Ir/c1-21(2)25-17-18-33-30(19-25)29-10-6-9-28-27-16-15-26(20-31(27)34-32(28)29)24-13-11-23(12-14-24)22-7-4-3-5-8-22;1-12-5-7-13(8-6-12)15-10-9-14(11-17-15)16(2,3)4;/h3-9,11-21H,1-2H3;5-7,9-11H,1-4H3;/q2*-1;/i;1D3;. The molecule has 0 aliphatic heterocycles. The average molecular weight is 919 g/mol. The van der Waals surface area contributed by atoms with Gasteiger partial charge < -0.3 is 9.40 Å². The summed E-state index contributed by atoms with van der Waals surface area (Å²) in [4.78, 5) is 9.10. The second-order valence-corrected chi connectivity index (χ2v) is 24.8. The number of pyridine rings is 2. The molecular formula is C47H42GeIrN2O-2. The van der Waals surface area contributed by atoms with E-state index in [0.717, 1.165) is 50.0 Å². The number of hydrogen-bond acceptors (Lipinski definition) is 3. The summed E-state index contributed by atoms with van der Waals surface area (Å²) in [5, 5.41) is 2.20. The topological polar surface area (TPSA) is 38.9 Å². The van der Waals surface area contributed by atoms with E-state index in [2.05, 4.69) is 144 Å². The first kappa shape index (κ1) is 33.2. The Kier molecular flexibility index (Phi) is 10.2. The molecule has 0 bridgehead atoms. The summed E-state index contributed by atoms with van der Waals surface area (Å²) in [5.41, 5.74) is 11.5. The molecule has 0 atom stereocenters. The fraction of sp³-hybridized carbons (Fsp3) is 0.149. The van der Waals surface area contributed by atoms with Gasteiger partial charge in [0.1, 0.15) is 5.58 Å². The Hall–Kier alpha value is -4.61. The molecule has 0 saturated carbocycles. The van der Waals surface area contributed by atoms with Crippen molar-refractivity contribution in [2.24, 2.45) is 0 Å². The van der Waals surface area contributed by atoms with Crippen LogP contribution in [0.4, 0.5) is 0 Å². The zero-order chi connectivity index (χ0) is 38.0. The van der Waals surface area contributed by atoms with Crippen LogP contribution in [0.15, 0.2) is 144 Å². The maximum Gasteiger partial charge on any atom is 0 e. The molecule has 261 valence electrons. The third-order valence-corrected chi connectivity index (χ3v) is 13.4. The van der Waals surface area contributed by atoms with Crippen molar-refractivity contribution >= 4 is 39.6 Å². The molecule has 52 heavy (non-hydrogen) atoms. The Balaban J connectivity index is 0.000000211. The molecule has 0 fully saturated rings. The van der Waals surface area contributed by atoms with E-state index in [1.54, 1.807) is 12.1 Å². The Morgan fingerprint density at radius 2 is 1.42 bits per heavy atom. The number of rotatable bonds is 6. The Morgan fingerprint density at radius 1 is 0.692 bits per heavy atom. The third kappa shape index (κ3) is 8.21. The minimum atomic E-state index is -2.08. The van der Waals surface area contributed by atoms with Crippen LogP contribution in [0, 0.1) is 19.0 Å². The second-order valence-electron chi connectivity index (χ2n) is 14.2. The summed E-state index contributed by atoms with van der Waals surface area (Å²) in [7, 11) is 0. The largest absolute Gasteiger partial charge is 0 e. The molecule has 0 spiro atoms. The van der Waals surface area contributed by atoms with Crippen molar-refractivity contribution in [3.63, 3.8) is 0 Å². The molecular weight excluding hydrogens is 873 g/mol. The predicted molar refractivity (Wildman–Crippen MR) is 217 cm³/mol. The van der Waals surface area contributed by atoms with Crippen LogP contribution < -0.4 is 4.40 Å². The molecule has 0 N–H and O–H groups in total. The van der Waals surface area contributed by atoms with Crippen LogP contribution in [0.3, 0.4) is 0 Å². The molecule has 8 rings (SSSR count). The van der Waals surface area contributed by atoms with Gasteiger partial charge in [-0.05, 0) is 46.0 Å². The fourth-order valence-corrected chi connectivity index (χ4v) is 8.29. The zero-order valence-corrected chi connectivity index (χ0v) is 34.5. The smallest absolute Gasteiger partial charge is 0 e. The normalized spacial score (nSPS) is 12.4. The van der Waals surface area contributed by atoms with E-state index in [1.165, 1.54) is 32.7 Å². The molecule has 0 amide bonds. The summed E-state index contributed by atoms with van der Waals surface area (Å²) < 4.78 is 29.8. The molecule has 3 aromatic heterocycles. The number of aromatic nitrogens is 2. The maximum atomic E-state index is 7.35. The maximum absolute atomic E-state index is 7.35. The van der Waals surface area contributed by atoms with E-state index in [4.69, 9.17) is 8.53 Å². The molecule has 8 aromatic rings.